The predicted octanol–water partition coefficient (Wildman–Crippen LogP) is -0.208. The molecule has 0 unspecified atom stereocenters. The molecule has 5 nitrogen and oxygen atoms in total. The zero-order valence-corrected chi connectivity index (χ0v) is 6.87. The molecule has 0 fully saturated rings. The number of ketones is 1. The summed E-state index contributed by atoms with van der Waals surface area (Å²) in [5.41, 5.74) is -0.332. The van der Waals surface area contributed by atoms with Gasteiger partial charge in [-0.05, 0) is 6.92 Å². The molecule has 66 valence electrons. The number of carbonyl (C=O) groups excluding carboxylic acids is 1. The van der Waals surface area contributed by atoms with Gasteiger partial charge in [-0.25, -0.2) is 9.79 Å². The molecule has 0 radical (unpaired) electrons. The van der Waals surface area contributed by atoms with Crippen molar-refractivity contribution in [2.75, 3.05) is 7.05 Å². The fraction of sp³-hybridized carbons (Fsp3) is 0.286. The molecule has 0 rings (SSSR count). The summed E-state index contributed by atoms with van der Waals surface area (Å²) in [5.74, 6) is -1.79. The molecular formula is C7H10N2O3. The van der Waals surface area contributed by atoms with E-state index in [4.69, 9.17) is 5.11 Å². The number of rotatable bonds is 4. The van der Waals surface area contributed by atoms with Crippen LogP contribution in [-0.2, 0) is 9.59 Å². The van der Waals surface area contributed by atoms with Gasteiger partial charge in [0, 0.05) is 13.2 Å². The first-order valence-electron chi connectivity index (χ1n) is 3.23. The standard InChI is InChI=1S/C7H10N2O3/c1-5(10)6(7(11)12)3-9-4-8-2/h3-4H,1-2H3,(H,8,9)(H,11,12)/b6-3+. The van der Waals surface area contributed by atoms with Crippen LogP contribution in [0.2, 0.25) is 0 Å². The first kappa shape index (κ1) is 10.3. The molecule has 0 bridgehead atoms. The van der Waals surface area contributed by atoms with Crippen molar-refractivity contribution in [3.63, 3.8) is 0 Å². The first-order chi connectivity index (χ1) is 5.59. The van der Waals surface area contributed by atoms with Crippen LogP contribution in [0.5, 0.6) is 0 Å². The van der Waals surface area contributed by atoms with E-state index >= 15 is 0 Å². The largest absolute Gasteiger partial charge is 0.478 e. The Bertz CT molecular complexity index is 227. The lowest BCUT2D eigenvalue weighted by Crippen LogP contribution is -2.08. The maximum Gasteiger partial charge on any atom is 0.340 e. The second-order valence-electron chi connectivity index (χ2n) is 1.97. The summed E-state index contributed by atoms with van der Waals surface area (Å²) in [6, 6.07) is 0. The molecule has 0 saturated heterocycles. The average Bonchev–Trinajstić information content (AvgIpc) is 1.96. The van der Waals surface area contributed by atoms with Gasteiger partial charge < -0.3 is 10.4 Å². The number of carboxylic acid groups (broad SMARTS) is 1. The number of aliphatic imine (C=N–C) groups is 1. The quantitative estimate of drug-likeness (QED) is 0.201. The maximum atomic E-state index is 10.6. The number of carbonyl (C=O) groups is 2. The molecular weight excluding hydrogens is 160 g/mol. The molecule has 12 heavy (non-hydrogen) atoms. The van der Waals surface area contributed by atoms with E-state index in [9.17, 15) is 9.59 Å². The van der Waals surface area contributed by atoms with E-state index in [1.807, 2.05) is 0 Å². The Labute approximate surface area is 69.8 Å². The molecule has 0 amide bonds. The number of nitrogens with zero attached hydrogens (tertiary/aromatic N) is 1. The van der Waals surface area contributed by atoms with Crippen molar-refractivity contribution < 1.29 is 14.7 Å². The maximum absolute atomic E-state index is 10.6. The van der Waals surface area contributed by atoms with E-state index in [0.717, 1.165) is 6.20 Å². The Kier molecular flexibility index (Phi) is 4.36. The molecule has 2 N–H and O–H groups in total. The molecule has 0 aliphatic heterocycles. The van der Waals surface area contributed by atoms with Gasteiger partial charge in [0.05, 0.1) is 6.34 Å². The van der Waals surface area contributed by atoms with E-state index in [0.29, 0.717) is 0 Å². The smallest absolute Gasteiger partial charge is 0.340 e. The highest BCUT2D eigenvalue weighted by atomic mass is 16.4. The molecule has 0 aliphatic rings. The van der Waals surface area contributed by atoms with E-state index in [-0.39, 0.29) is 5.57 Å². The second kappa shape index (κ2) is 5.06. The Balaban J connectivity index is 4.51. The van der Waals surface area contributed by atoms with Crippen LogP contribution >= 0.6 is 0 Å². The van der Waals surface area contributed by atoms with Gasteiger partial charge in [-0.1, -0.05) is 0 Å². The van der Waals surface area contributed by atoms with Crippen LogP contribution in [-0.4, -0.2) is 30.2 Å². The van der Waals surface area contributed by atoms with Crippen molar-refractivity contribution in [2.24, 2.45) is 4.99 Å². The van der Waals surface area contributed by atoms with Crippen LogP contribution in [0.4, 0.5) is 0 Å². The molecule has 5 heteroatoms. The van der Waals surface area contributed by atoms with Crippen molar-refractivity contribution in [3.05, 3.63) is 11.8 Å². The summed E-state index contributed by atoms with van der Waals surface area (Å²) in [4.78, 5) is 24.5. The number of nitrogens with one attached hydrogen (secondary N) is 1. The van der Waals surface area contributed by atoms with Crippen molar-refractivity contribution in [3.8, 4) is 0 Å². The molecule has 0 spiro atoms. The summed E-state index contributed by atoms with van der Waals surface area (Å²) in [5, 5.41) is 11.0. The van der Waals surface area contributed by atoms with Gasteiger partial charge >= 0.3 is 5.97 Å². The highest BCUT2D eigenvalue weighted by Gasteiger charge is 2.11. The predicted molar refractivity (Wildman–Crippen MR) is 44.0 cm³/mol. The Morgan fingerprint density at radius 3 is 2.42 bits per heavy atom. The lowest BCUT2D eigenvalue weighted by atomic mass is 10.2. The van der Waals surface area contributed by atoms with Gasteiger partial charge in [0.15, 0.2) is 5.78 Å². The molecule has 0 heterocycles. The van der Waals surface area contributed by atoms with Crippen molar-refractivity contribution >= 4 is 18.1 Å². The first-order valence-corrected chi connectivity index (χ1v) is 3.23. The normalized spacial score (nSPS) is 11.7. The van der Waals surface area contributed by atoms with Crippen LogP contribution < -0.4 is 5.32 Å². The van der Waals surface area contributed by atoms with Crippen LogP contribution in [0.3, 0.4) is 0 Å². The fourth-order valence-corrected chi connectivity index (χ4v) is 0.483. The Hall–Kier alpha value is -1.65. The Morgan fingerprint density at radius 2 is 2.08 bits per heavy atom. The van der Waals surface area contributed by atoms with E-state index in [1.165, 1.54) is 13.3 Å². The van der Waals surface area contributed by atoms with Gasteiger partial charge in [0.2, 0.25) is 0 Å². The van der Waals surface area contributed by atoms with Gasteiger partial charge in [-0.3, -0.25) is 4.79 Å². The summed E-state index contributed by atoms with van der Waals surface area (Å²) in [7, 11) is 1.62. The summed E-state index contributed by atoms with van der Waals surface area (Å²) in [6.07, 6.45) is 2.28. The van der Waals surface area contributed by atoms with E-state index < -0.39 is 11.8 Å². The third-order valence-electron chi connectivity index (χ3n) is 1.02. The molecule has 0 aliphatic carbocycles. The fourth-order valence-electron chi connectivity index (χ4n) is 0.483. The number of aliphatic carboxylic acids is 1. The lowest BCUT2D eigenvalue weighted by Gasteiger charge is -1.92. The highest BCUT2D eigenvalue weighted by molar-refractivity contribution is 6.15. The molecule has 0 atom stereocenters. The topological polar surface area (TPSA) is 78.8 Å². The number of carboxylic acids is 1. The van der Waals surface area contributed by atoms with E-state index in [2.05, 4.69) is 10.3 Å². The number of hydrogen-bond acceptors (Lipinski definition) is 3. The monoisotopic (exact) mass is 170 g/mol. The average molecular weight is 170 g/mol. The molecule has 0 aromatic heterocycles. The minimum absolute atomic E-state index is 0.332. The highest BCUT2D eigenvalue weighted by Crippen LogP contribution is 1.95. The zero-order valence-electron chi connectivity index (χ0n) is 6.87. The van der Waals surface area contributed by atoms with Crippen LogP contribution in [0.1, 0.15) is 6.92 Å². The number of hydrogen-bond donors (Lipinski definition) is 2. The summed E-state index contributed by atoms with van der Waals surface area (Å²) in [6.45, 7) is 1.18. The summed E-state index contributed by atoms with van der Waals surface area (Å²) >= 11 is 0. The van der Waals surface area contributed by atoms with Crippen molar-refractivity contribution in [1.29, 1.82) is 0 Å². The van der Waals surface area contributed by atoms with Crippen LogP contribution in [0.15, 0.2) is 16.8 Å². The molecule has 0 aromatic carbocycles. The van der Waals surface area contributed by atoms with Gasteiger partial charge in [-0.2, -0.15) is 0 Å². The van der Waals surface area contributed by atoms with Crippen LogP contribution in [0, 0.1) is 0 Å². The van der Waals surface area contributed by atoms with Gasteiger partial charge in [0.25, 0.3) is 0 Å². The Morgan fingerprint density at radius 1 is 1.50 bits per heavy atom. The van der Waals surface area contributed by atoms with Gasteiger partial charge in [0.1, 0.15) is 5.57 Å². The SMILES string of the molecule is CN/C=N\C=C(/C(C)=O)C(=O)O. The second-order valence-corrected chi connectivity index (χ2v) is 1.97. The van der Waals surface area contributed by atoms with E-state index in [1.54, 1.807) is 7.05 Å². The van der Waals surface area contributed by atoms with Crippen LogP contribution in [0.25, 0.3) is 0 Å². The number of Topliss-reactive ketones (excluding diaryl/α,β-unsaturated/α-hetero) is 1. The third kappa shape index (κ3) is 3.50. The lowest BCUT2D eigenvalue weighted by molar-refractivity contribution is -0.134. The van der Waals surface area contributed by atoms with Crippen molar-refractivity contribution in [1.82, 2.24) is 5.32 Å². The van der Waals surface area contributed by atoms with Gasteiger partial charge in [-0.15, -0.1) is 0 Å². The van der Waals surface area contributed by atoms with Crippen molar-refractivity contribution in [2.45, 2.75) is 6.92 Å². The summed E-state index contributed by atoms with van der Waals surface area (Å²) < 4.78 is 0. The molecule has 0 saturated carbocycles. The molecule has 0 aromatic rings. The minimum atomic E-state index is -1.27. The zero-order chi connectivity index (χ0) is 9.56. The third-order valence-corrected chi connectivity index (χ3v) is 1.02. The minimum Gasteiger partial charge on any atom is -0.478 e.